The molecule has 0 radical (unpaired) electrons. The number of aliphatic hydroxyl groups is 1. The Balaban J connectivity index is 1.58. The number of rotatable bonds is 7. The van der Waals surface area contributed by atoms with Crippen molar-refractivity contribution in [3.8, 4) is 5.88 Å². The smallest absolute Gasteiger partial charge is 0.320 e. The SMILES string of the molecule is N[C@@H](CCSC[C@@H]1C[C@@H](O)[C@H](n2nnc3c(O)ncnc32)O1)C(=O)O. The van der Waals surface area contributed by atoms with Crippen molar-refractivity contribution in [1.29, 1.82) is 0 Å². The average molecular weight is 370 g/mol. The Kier molecular flexibility index (Phi) is 5.32. The molecule has 3 heterocycles. The quantitative estimate of drug-likeness (QED) is 0.446. The van der Waals surface area contributed by atoms with E-state index in [2.05, 4.69) is 20.3 Å². The highest BCUT2D eigenvalue weighted by Crippen LogP contribution is 2.32. The highest BCUT2D eigenvalue weighted by atomic mass is 32.2. The fraction of sp³-hybridized carbons (Fsp3) is 0.615. The Bertz CT molecular complexity index is 758. The Labute approximate surface area is 146 Å². The molecule has 1 aliphatic heterocycles. The van der Waals surface area contributed by atoms with E-state index in [-0.39, 0.29) is 23.1 Å². The fourth-order valence-corrected chi connectivity index (χ4v) is 3.59. The maximum Gasteiger partial charge on any atom is 0.320 e. The zero-order chi connectivity index (χ0) is 18.0. The number of carboxylic acids is 1. The number of hydrogen-bond acceptors (Lipinski definition) is 10. The van der Waals surface area contributed by atoms with E-state index < -0.39 is 24.3 Å². The predicted molar refractivity (Wildman–Crippen MR) is 86.9 cm³/mol. The van der Waals surface area contributed by atoms with E-state index in [1.807, 2.05) is 0 Å². The standard InChI is InChI=1S/C13H18N6O5S/c14-7(13(22)23)1-2-25-4-6-3-8(20)12(24-6)19-10-9(17-18-19)11(21)16-5-15-10/h5-8,12,20H,1-4,14H2,(H,22,23)(H,15,16,21)/t6-,7-,8+,12+/m0/s1. The Morgan fingerprint density at radius 3 is 3.08 bits per heavy atom. The van der Waals surface area contributed by atoms with Gasteiger partial charge in [0.15, 0.2) is 17.4 Å². The van der Waals surface area contributed by atoms with E-state index in [0.717, 1.165) is 0 Å². The molecule has 25 heavy (non-hydrogen) atoms. The molecular formula is C13H18N6O5S. The topological polar surface area (TPSA) is 169 Å². The molecule has 0 unspecified atom stereocenters. The molecule has 1 aliphatic rings. The van der Waals surface area contributed by atoms with Crippen molar-refractivity contribution < 1.29 is 24.9 Å². The van der Waals surface area contributed by atoms with E-state index in [4.69, 9.17) is 15.6 Å². The highest BCUT2D eigenvalue weighted by molar-refractivity contribution is 7.99. The normalized spacial score (nSPS) is 24.6. The number of aromatic nitrogens is 5. The Morgan fingerprint density at radius 1 is 1.52 bits per heavy atom. The Hall–Kier alpha value is -2.02. The number of hydrogen-bond donors (Lipinski definition) is 4. The van der Waals surface area contributed by atoms with Crippen molar-refractivity contribution in [1.82, 2.24) is 25.0 Å². The van der Waals surface area contributed by atoms with Gasteiger partial charge in [-0.2, -0.15) is 21.4 Å². The van der Waals surface area contributed by atoms with Gasteiger partial charge in [0, 0.05) is 12.2 Å². The van der Waals surface area contributed by atoms with Gasteiger partial charge in [-0.1, -0.05) is 5.21 Å². The number of thioether (sulfide) groups is 1. The van der Waals surface area contributed by atoms with E-state index in [1.165, 1.54) is 22.8 Å². The van der Waals surface area contributed by atoms with Gasteiger partial charge in [0.05, 0.1) is 6.10 Å². The van der Waals surface area contributed by atoms with Gasteiger partial charge in [0.25, 0.3) is 0 Å². The second-order valence-electron chi connectivity index (χ2n) is 5.66. The predicted octanol–water partition coefficient (Wildman–Crippen LogP) is -0.890. The summed E-state index contributed by atoms with van der Waals surface area (Å²) in [5.74, 6) is -0.129. The molecule has 0 amide bonds. The lowest BCUT2D eigenvalue weighted by Crippen LogP contribution is -2.30. The maximum absolute atomic E-state index is 10.7. The van der Waals surface area contributed by atoms with Gasteiger partial charge < -0.3 is 25.8 Å². The molecule has 2 aromatic rings. The molecule has 1 saturated heterocycles. The maximum atomic E-state index is 10.7. The van der Waals surface area contributed by atoms with Crippen LogP contribution in [-0.4, -0.2) is 76.0 Å². The van der Waals surface area contributed by atoms with Gasteiger partial charge in [-0.15, -0.1) is 5.10 Å². The molecule has 0 aliphatic carbocycles. The lowest BCUT2D eigenvalue weighted by atomic mass is 10.2. The minimum atomic E-state index is -1.02. The first-order valence-corrected chi connectivity index (χ1v) is 8.77. The van der Waals surface area contributed by atoms with Crippen LogP contribution in [0.2, 0.25) is 0 Å². The van der Waals surface area contributed by atoms with Crippen molar-refractivity contribution in [3.05, 3.63) is 6.33 Å². The van der Waals surface area contributed by atoms with Crippen molar-refractivity contribution in [2.75, 3.05) is 11.5 Å². The molecule has 5 N–H and O–H groups in total. The van der Waals surface area contributed by atoms with Crippen LogP contribution in [0.25, 0.3) is 11.2 Å². The Morgan fingerprint density at radius 2 is 2.32 bits per heavy atom. The molecule has 0 saturated carbocycles. The van der Waals surface area contributed by atoms with Crippen LogP contribution in [0.4, 0.5) is 0 Å². The monoisotopic (exact) mass is 370 g/mol. The summed E-state index contributed by atoms with van der Waals surface area (Å²) in [4.78, 5) is 18.3. The summed E-state index contributed by atoms with van der Waals surface area (Å²) in [6.07, 6.45) is 0.169. The number of ether oxygens (including phenoxy) is 1. The average Bonchev–Trinajstić information content (AvgIpc) is 3.15. The molecule has 0 bridgehead atoms. The fourth-order valence-electron chi connectivity index (χ4n) is 2.53. The van der Waals surface area contributed by atoms with Crippen molar-refractivity contribution >= 4 is 28.9 Å². The molecule has 12 heteroatoms. The summed E-state index contributed by atoms with van der Waals surface area (Å²) in [6, 6.07) is -0.871. The third kappa shape index (κ3) is 3.81. The number of nitrogens with two attached hydrogens (primary N) is 1. The first-order chi connectivity index (χ1) is 12.0. The van der Waals surface area contributed by atoms with Crippen molar-refractivity contribution in [2.45, 2.75) is 37.3 Å². The van der Waals surface area contributed by atoms with E-state index in [1.54, 1.807) is 0 Å². The third-order valence-electron chi connectivity index (χ3n) is 3.84. The molecule has 3 rings (SSSR count). The highest BCUT2D eigenvalue weighted by Gasteiger charge is 2.37. The second kappa shape index (κ2) is 7.47. The third-order valence-corrected chi connectivity index (χ3v) is 4.97. The van der Waals surface area contributed by atoms with Gasteiger partial charge in [-0.3, -0.25) is 4.79 Å². The molecule has 2 aromatic heterocycles. The van der Waals surface area contributed by atoms with Crippen molar-refractivity contribution in [2.24, 2.45) is 5.73 Å². The summed E-state index contributed by atoms with van der Waals surface area (Å²) >= 11 is 1.51. The summed E-state index contributed by atoms with van der Waals surface area (Å²) in [5, 5.41) is 36.3. The van der Waals surface area contributed by atoms with Gasteiger partial charge in [0.1, 0.15) is 18.5 Å². The zero-order valence-electron chi connectivity index (χ0n) is 13.1. The largest absolute Gasteiger partial charge is 0.492 e. The van der Waals surface area contributed by atoms with Crippen LogP contribution in [0.5, 0.6) is 5.88 Å². The number of nitrogens with zero attached hydrogens (tertiary/aromatic N) is 5. The number of carbonyl (C=O) groups is 1. The van der Waals surface area contributed by atoms with Crippen LogP contribution in [0, 0.1) is 0 Å². The number of aliphatic carboxylic acids is 1. The number of aromatic hydroxyl groups is 1. The summed E-state index contributed by atoms with van der Waals surface area (Å²) in [5.41, 5.74) is 5.86. The first-order valence-electron chi connectivity index (χ1n) is 7.62. The molecule has 1 fully saturated rings. The molecule has 11 nitrogen and oxygen atoms in total. The van der Waals surface area contributed by atoms with Gasteiger partial charge >= 0.3 is 5.97 Å². The zero-order valence-corrected chi connectivity index (χ0v) is 13.9. The summed E-state index contributed by atoms with van der Waals surface area (Å²) < 4.78 is 7.15. The number of fused-ring (bicyclic) bond motifs is 1. The van der Waals surface area contributed by atoms with Crippen LogP contribution in [0.15, 0.2) is 6.33 Å². The molecule has 0 aromatic carbocycles. The minimum absolute atomic E-state index is 0.138. The first kappa shape index (κ1) is 17.8. The molecule has 0 spiro atoms. The summed E-state index contributed by atoms with van der Waals surface area (Å²) in [7, 11) is 0. The van der Waals surface area contributed by atoms with Crippen LogP contribution < -0.4 is 5.73 Å². The molecule has 4 atom stereocenters. The number of carboxylic acid groups (broad SMARTS) is 1. The lowest BCUT2D eigenvalue weighted by Gasteiger charge is -2.15. The van der Waals surface area contributed by atoms with Crippen LogP contribution in [0.3, 0.4) is 0 Å². The van der Waals surface area contributed by atoms with Crippen LogP contribution in [-0.2, 0) is 9.53 Å². The van der Waals surface area contributed by atoms with Crippen LogP contribution in [0.1, 0.15) is 19.1 Å². The number of aliphatic hydroxyl groups excluding tert-OH is 1. The van der Waals surface area contributed by atoms with Gasteiger partial charge in [-0.05, 0) is 12.2 Å². The van der Waals surface area contributed by atoms with E-state index in [0.29, 0.717) is 24.3 Å². The second-order valence-corrected chi connectivity index (χ2v) is 6.81. The van der Waals surface area contributed by atoms with E-state index in [9.17, 15) is 15.0 Å². The van der Waals surface area contributed by atoms with Crippen molar-refractivity contribution in [3.63, 3.8) is 0 Å². The van der Waals surface area contributed by atoms with E-state index >= 15 is 0 Å². The summed E-state index contributed by atoms with van der Waals surface area (Å²) in [6.45, 7) is 0. The van der Waals surface area contributed by atoms with Gasteiger partial charge in [-0.25, -0.2) is 4.98 Å². The molecule has 136 valence electrons. The van der Waals surface area contributed by atoms with Gasteiger partial charge in [0.2, 0.25) is 5.88 Å². The lowest BCUT2D eigenvalue weighted by molar-refractivity contribution is -0.138. The molecular weight excluding hydrogens is 352 g/mol. The minimum Gasteiger partial charge on any atom is -0.492 e. The van der Waals surface area contributed by atoms with Crippen LogP contribution >= 0.6 is 11.8 Å².